The summed E-state index contributed by atoms with van der Waals surface area (Å²) in [5.74, 6) is 0. The van der Waals surface area contributed by atoms with Crippen molar-refractivity contribution in [1.29, 1.82) is 0 Å². The summed E-state index contributed by atoms with van der Waals surface area (Å²) in [5, 5.41) is 6.64. The van der Waals surface area contributed by atoms with Gasteiger partial charge in [-0.15, -0.1) is 0 Å². The van der Waals surface area contributed by atoms with Crippen LogP contribution in [-0.2, 0) is 0 Å². The number of rotatable bonds is 3. The molecule has 1 heterocycles. The van der Waals surface area contributed by atoms with Crippen LogP contribution in [0.25, 0.3) is 12.2 Å². The third-order valence-electron chi connectivity index (χ3n) is 5.75. The van der Waals surface area contributed by atoms with Crippen molar-refractivity contribution in [2.75, 3.05) is 11.1 Å². The molecule has 0 saturated heterocycles. The normalized spacial score (nSPS) is 14.9. The lowest BCUT2D eigenvalue weighted by Crippen LogP contribution is -2.43. The molecule has 0 saturated carbocycles. The Morgan fingerprint density at radius 1 is 0.821 bits per heavy atom. The van der Waals surface area contributed by atoms with Crippen LogP contribution in [0.2, 0.25) is 6.04 Å². The molecule has 3 heteroatoms. The highest BCUT2D eigenvalue weighted by Crippen LogP contribution is 2.27. The van der Waals surface area contributed by atoms with Crippen molar-refractivity contribution >= 4 is 48.4 Å². The van der Waals surface area contributed by atoms with Crippen LogP contribution in [0.1, 0.15) is 34.7 Å². The molecule has 3 N–H and O–H groups in total. The van der Waals surface area contributed by atoms with Crippen LogP contribution in [-0.4, -0.2) is 8.80 Å². The average Bonchev–Trinajstić information content (AvgIpc) is 2.80. The lowest BCUT2D eigenvalue weighted by molar-refractivity contribution is 1.31. The first-order valence-corrected chi connectivity index (χ1v) is 12.0. The Kier molecular flexibility index (Phi) is 4.86. The van der Waals surface area contributed by atoms with Gasteiger partial charge in [0, 0.05) is 17.1 Å². The number of aryl methyl sites for hydroxylation is 3. The highest BCUT2D eigenvalue weighted by atomic mass is 28.3. The van der Waals surface area contributed by atoms with E-state index in [2.05, 4.69) is 87.6 Å². The topological polar surface area (TPSA) is 38.0 Å². The summed E-state index contributed by atoms with van der Waals surface area (Å²) in [5.41, 5.74) is 15.9. The van der Waals surface area contributed by atoms with Crippen LogP contribution in [0.15, 0.2) is 48.5 Å². The highest BCUT2D eigenvalue weighted by Gasteiger charge is 2.22. The number of fused-ring (bicyclic) bond motifs is 2. The lowest BCUT2D eigenvalue weighted by Gasteiger charge is -2.20. The summed E-state index contributed by atoms with van der Waals surface area (Å²) in [7, 11) is -1.32. The summed E-state index contributed by atoms with van der Waals surface area (Å²) in [6.45, 7) is 8.82. The van der Waals surface area contributed by atoms with Gasteiger partial charge in [-0.3, -0.25) is 0 Å². The summed E-state index contributed by atoms with van der Waals surface area (Å²) < 4.78 is 0. The number of nitrogens with one attached hydrogen (secondary N) is 1. The molecular weight excluding hydrogens is 356 g/mol. The largest absolute Gasteiger partial charge is 0.399 e. The van der Waals surface area contributed by atoms with Crippen LogP contribution < -0.4 is 21.4 Å². The smallest absolute Gasteiger partial charge is 0.104 e. The molecule has 3 aromatic rings. The maximum Gasteiger partial charge on any atom is 0.104 e. The fraction of sp³-hybridized carbons (Fsp3) is 0.200. The Labute approximate surface area is 169 Å². The summed E-state index contributed by atoms with van der Waals surface area (Å²) in [4.78, 5) is 0. The molecule has 0 bridgehead atoms. The molecule has 3 aromatic carbocycles. The molecule has 1 aliphatic heterocycles. The van der Waals surface area contributed by atoms with Crippen molar-refractivity contribution in [2.45, 2.75) is 33.7 Å². The van der Waals surface area contributed by atoms with Gasteiger partial charge in [-0.25, -0.2) is 0 Å². The average molecular weight is 385 g/mol. The maximum atomic E-state index is 6.13. The fourth-order valence-corrected chi connectivity index (χ4v) is 7.64. The van der Waals surface area contributed by atoms with Crippen LogP contribution in [0.5, 0.6) is 0 Å². The fourth-order valence-electron chi connectivity index (χ4n) is 4.46. The van der Waals surface area contributed by atoms with E-state index in [1.807, 2.05) is 6.07 Å². The molecule has 0 radical (unpaired) electrons. The number of anilines is 3. The van der Waals surface area contributed by atoms with Crippen molar-refractivity contribution in [3.05, 3.63) is 76.3 Å². The second-order valence-corrected chi connectivity index (χ2v) is 11.1. The molecule has 28 heavy (non-hydrogen) atoms. The second kappa shape index (κ2) is 7.32. The zero-order chi connectivity index (χ0) is 19.8. The Morgan fingerprint density at radius 3 is 2.07 bits per heavy atom. The minimum Gasteiger partial charge on any atom is -0.399 e. The van der Waals surface area contributed by atoms with E-state index in [-0.39, 0.29) is 0 Å². The molecule has 142 valence electrons. The lowest BCUT2D eigenvalue weighted by atomic mass is 10.0. The summed E-state index contributed by atoms with van der Waals surface area (Å²) >= 11 is 0. The monoisotopic (exact) mass is 384 g/mol. The van der Waals surface area contributed by atoms with Crippen LogP contribution >= 0.6 is 0 Å². The zero-order valence-electron chi connectivity index (χ0n) is 17.1. The number of hydrogen-bond donors (Lipinski definition) is 2. The van der Waals surface area contributed by atoms with Gasteiger partial charge in [-0.05, 0) is 77.7 Å². The van der Waals surface area contributed by atoms with Crippen molar-refractivity contribution in [3.63, 3.8) is 0 Å². The molecule has 0 aliphatic carbocycles. The van der Waals surface area contributed by atoms with Crippen molar-refractivity contribution in [1.82, 2.24) is 0 Å². The Morgan fingerprint density at radius 2 is 1.43 bits per heavy atom. The SMILES string of the molecule is CC[SiH]1c2cc(N)ccc2C=Cc2ccc(Nc3c(C)cc(C)cc3C)cc21. The van der Waals surface area contributed by atoms with Gasteiger partial charge in [0.2, 0.25) is 0 Å². The molecule has 1 atom stereocenters. The number of nitrogen functional groups attached to an aromatic ring is 1. The van der Waals surface area contributed by atoms with E-state index < -0.39 is 8.80 Å². The predicted molar refractivity (Wildman–Crippen MR) is 127 cm³/mol. The van der Waals surface area contributed by atoms with Crippen molar-refractivity contribution in [2.24, 2.45) is 0 Å². The van der Waals surface area contributed by atoms with Gasteiger partial charge in [0.25, 0.3) is 0 Å². The molecule has 0 amide bonds. The van der Waals surface area contributed by atoms with E-state index in [1.165, 1.54) is 55.6 Å². The van der Waals surface area contributed by atoms with Crippen molar-refractivity contribution in [3.8, 4) is 0 Å². The first kappa shape index (κ1) is 18.6. The number of hydrogen-bond acceptors (Lipinski definition) is 2. The van der Waals surface area contributed by atoms with E-state index in [0.29, 0.717) is 0 Å². The Bertz CT molecular complexity index is 1060. The first-order chi connectivity index (χ1) is 13.5. The quantitative estimate of drug-likeness (QED) is 0.504. The molecular formula is C25H28N2Si. The number of nitrogens with two attached hydrogens (primary N) is 1. The summed E-state index contributed by atoms with van der Waals surface area (Å²) in [6.07, 6.45) is 4.51. The Hall–Kier alpha value is -2.78. The van der Waals surface area contributed by atoms with E-state index in [1.54, 1.807) is 0 Å². The predicted octanol–water partition coefficient (Wildman–Crippen LogP) is 4.78. The van der Waals surface area contributed by atoms with Gasteiger partial charge < -0.3 is 11.1 Å². The van der Waals surface area contributed by atoms with Gasteiger partial charge in [0.15, 0.2) is 0 Å². The third-order valence-corrected chi connectivity index (χ3v) is 9.06. The van der Waals surface area contributed by atoms with Crippen molar-refractivity contribution < 1.29 is 0 Å². The van der Waals surface area contributed by atoms with Gasteiger partial charge in [-0.2, -0.15) is 0 Å². The molecule has 2 nitrogen and oxygen atoms in total. The van der Waals surface area contributed by atoms with E-state index in [4.69, 9.17) is 5.73 Å². The third kappa shape index (κ3) is 3.38. The van der Waals surface area contributed by atoms with Gasteiger partial charge in [0.05, 0.1) is 0 Å². The molecule has 4 rings (SSSR count). The van der Waals surface area contributed by atoms with E-state index in [9.17, 15) is 0 Å². The highest BCUT2D eigenvalue weighted by molar-refractivity contribution is 6.86. The molecule has 0 aromatic heterocycles. The molecule has 1 unspecified atom stereocenters. The zero-order valence-corrected chi connectivity index (χ0v) is 18.3. The molecule has 1 aliphatic rings. The van der Waals surface area contributed by atoms with E-state index >= 15 is 0 Å². The van der Waals surface area contributed by atoms with Gasteiger partial charge in [0.1, 0.15) is 8.80 Å². The van der Waals surface area contributed by atoms with Crippen LogP contribution in [0.3, 0.4) is 0 Å². The first-order valence-electron chi connectivity index (χ1n) is 10.0. The minimum atomic E-state index is -1.32. The Balaban J connectivity index is 1.78. The van der Waals surface area contributed by atoms with E-state index in [0.717, 1.165) is 5.69 Å². The van der Waals surface area contributed by atoms with Crippen LogP contribution in [0.4, 0.5) is 17.1 Å². The summed E-state index contributed by atoms with van der Waals surface area (Å²) in [6, 6.07) is 18.9. The minimum absolute atomic E-state index is 0.863. The molecule has 0 spiro atoms. The number of benzene rings is 3. The molecule has 0 fully saturated rings. The van der Waals surface area contributed by atoms with Gasteiger partial charge >= 0.3 is 0 Å². The second-order valence-electron chi connectivity index (χ2n) is 7.92. The standard InChI is InChI=1S/C25H28N2Si/c1-5-28-23-14-21(26)10-8-19(23)6-7-20-9-11-22(15-24(20)28)27-25-17(3)12-16(2)13-18(25)4/h6-15,27-28H,5,26H2,1-4H3. The van der Waals surface area contributed by atoms with Crippen LogP contribution in [0, 0.1) is 20.8 Å². The van der Waals surface area contributed by atoms with Gasteiger partial charge in [-0.1, -0.05) is 54.9 Å². The maximum absolute atomic E-state index is 6.13.